The molecule has 22 heavy (non-hydrogen) atoms. The van der Waals surface area contributed by atoms with Crippen molar-refractivity contribution < 1.29 is 9.59 Å². The Labute approximate surface area is 127 Å². The fourth-order valence-corrected chi connectivity index (χ4v) is 2.81. The summed E-state index contributed by atoms with van der Waals surface area (Å²) in [6.07, 6.45) is 6.25. The van der Waals surface area contributed by atoms with Crippen molar-refractivity contribution in [2.75, 3.05) is 6.54 Å². The molecule has 2 amide bonds. The summed E-state index contributed by atoms with van der Waals surface area (Å²) in [5.74, 6) is -0.573. The zero-order valence-electron chi connectivity index (χ0n) is 12.1. The molecule has 0 aromatic carbocycles. The first-order valence-electron chi connectivity index (χ1n) is 7.27. The fourth-order valence-electron chi connectivity index (χ4n) is 2.81. The standard InChI is InChI=1S/C14H18N6O2/c15-14(22)11-8-10(17-18-11)12-4-1-2-7-20(12)13(21)9-19-6-3-5-16-19/h3,5-6,8,12H,1-2,4,7,9H2,(H2,15,22)(H,17,18). The van der Waals surface area contributed by atoms with Crippen LogP contribution in [0.1, 0.15) is 41.5 Å². The molecule has 116 valence electrons. The van der Waals surface area contributed by atoms with Crippen LogP contribution in [0.2, 0.25) is 0 Å². The van der Waals surface area contributed by atoms with Gasteiger partial charge in [-0.15, -0.1) is 0 Å². The van der Waals surface area contributed by atoms with E-state index < -0.39 is 5.91 Å². The number of hydrogen-bond donors (Lipinski definition) is 2. The van der Waals surface area contributed by atoms with Gasteiger partial charge in [0, 0.05) is 18.9 Å². The molecule has 8 heteroatoms. The number of amides is 2. The summed E-state index contributed by atoms with van der Waals surface area (Å²) < 4.78 is 1.61. The SMILES string of the molecule is NC(=O)c1cc(C2CCCCN2C(=O)Cn2cccn2)[nH]n1. The van der Waals surface area contributed by atoms with Crippen LogP contribution in [0.4, 0.5) is 0 Å². The van der Waals surface area contributed by atoms with Gasteiger partial charge in [-0.2, -0.15) is 10.2 Å². The Balaban J connectivity index is 1.78. The van der Waals surface area contributed by atoms with E-state index in [0.29, 0.717) is 6.54 Å². The molecule has 1 saturated heterocycles. The van der Waals surface area contributed by atoms with Gasteiger partial charge in [0.15, 0.2) is 0 Å². The zero-order valence-corrected chi connectivity index (χ0v) is 12.1. The van der Waals surface area contributed by atoms with E-state index in [-0.39, 0.29) is 24.2 Å². The lowest BCUT2D eigenvalue weighted by molar-refractivity contribution is -0.136. The predicted octanol–water partition coefficient (Wildman–Crippen LogP) is 0.459. The first kappa shape index (κ1) is 14.3. The number of rotatable bonds is 4. The number of nitrogens with zero attached hydrogens (tertiary/aromatic N) is 4. The number of aromatic nitrogens is 4. The molecule has 0 bridgehead atoms. The largest absolute Gasteiger partial charge is 0.364 e. The maximum absolute atomic E-state index is 12.5. The number of nitrogens with two attached hydrogens (primary N) is 1. The minimum atomic E-state index is -0.576. The van der Waals surface area contributed by atoms with Gasteiger partial charge in [-0.05, 0) is 31.4 Å². The van der Waals surface area contributed by atoms with E-state index in [9.17, 15) is 9.59 Å². The second kappa shape index (κ2) is 6.00. The Kier molecular flexibility index (Phi) is 3.90. The van der Waals surface area contributed by atoms with E-state index in [0.717, 1.165) is 25.0 Å². The van der Waals surface area contributed by atoms with Gasteiger partial charge in [0.2, 0.25) is 5.91 Å². The number of nitrogens with one attached hydrogen (secondary N) is 1. The number of aromatic amines is 1. The number of primary amides is 1. The molecule has 2 aromatic rings. The highest BCUT2D eigenvalue weighted by Crippen LogP contribution is 2.30. The highest BCUT2D eigenvalue weighted by atomic mass is 16.2. The van der Waals surface area contributed by atoms with E-state index >= 15 is 0 Å². The third-order valence-corrected chi connectivity index (χ3v) is 3.89. The lowest BCUT2D eigenvalue weighted by Gasteiger charge is -2.35. The average Bonchev–Trinajstić information content (AvgIpc) is 3.18. The Morgan fingerprint density at radius 1 is 1.41 bits per heavy atom. The van der Waals surface area contributed by atoms with Gasteiger partial charge < -0.3 is 10.6 Å². The summed E-state index contributed by atoms with van der Waals surface area (Å²) in [5, 5.41) is 10.8. The number of likely N-dealkylation sites (tertiary alicyclic amines) is 1. The van der Waals surface area contributed by atoms with E-state index in [1.54, 1.807) is 29.2 Å². The molecule has 8 nitrogen and oxygen atoms in total. The van der Waals surface area contributed by atoms with Crippen LogP contribution >= 0.6 is 0 Å². The molecule has 3 heterocycles. The highest BCUT2D eigenvalue weighted by molar-refractivity contribution is 5.90. The molecule has 0 aliphatic carbocycles. The van der Waals surface area contributed by atoms with Gasteiger partial charge >= 0.3 is 0 Å². The van der Waals surface area contributed by atoms with E-state index in [1.807, 2.05) is 4.90 Å². The Bertz CT molecular complexity index is 663. The van der Waals surface area contributed by atoms with Crippen molar-refractivity contribution in [2.45, 2.75) is 31.8 Å². The summed E-state index contributed by atoms with van der Waals surface area (Å²) in [6.45, 7) is 0.899. The number of carbonyl (C=O) groups excluding carboxylic acids is 2. The number of piperidine rings is 1. The van der Waals surface area contributed by atoms with Crippen LogP contribution in [0.25, 0.3) is 0 Å². The molecule has 1 unspecified atom stereocenters. The number of hydrogen-bond acceptors (Lipinski definition) is 4. The van der Waals surface area contributed by atoms with Crippen molar-refractivity contribution in [3.05, 3.63) is 35.9 Å². The molecule has 3 rings (SSSR count). The van der Waals surface area contributed by atoms with Crippen molar-refractivity contribution in [1.29, 1.82) is 0 Å². The second-order valence-electron chi connectivity index (χ2n) is 5.38. The van der Waals surface area contributed by atoms with E-state index in [2.05, 4.69) is 15.3 Å². The molecule has 1 atom stereocenters. The van der Waals surface area contributed by atoms with Gasteiger partial charge in [0.25, 0.3) is 5.91 Å². The van der Waals surface area contributed by atoms with Gasteiger partial charge in [-0.3, -0.25) is 19.4 Å². The number of carbonyl (C=O) groups is 2. The smallest absolute Gasteiger partial charge is 0.269 e. The normalized spacial score (nSPS) is 18.4. The summed E-state index contributed by atoms with van der Waals surface area (Å²) in [7, 11) is 0. The summed E-state index contributed by atoms with van der Waals surface area (Å²) in [6, 6.07) is 3.32. The van der Waals surface area contributed by atoms with Crippen molar-refractivity contribution in [3.63, 3.8) is 0 Å². The first-order valence-corrected chi connectivity index (χ1v) is 7.27. The van der Waals surface area contributed by atoms with Crippen LogP contribution in [-0.2, 0) is 11.3 Å². The van der Waals surface area contributed by atoms with Crippen LogP contribution in [0, 0.1) is 0 Å². The third-order valence-electron chi connectivity index (χ3n) is 3.89. The van der Waals surface area contributed by atoms with Crippen molar-refractivity contribution >= 4 is 11.8 Å². The van der Waals surface area contributed by atoms with Gasteiger partial charge in [-0.1, -0.05) is 0 Å². The molecule has 1 aliphatic heterocycles. The lowest BCUT2D eigenvalue weighted by Crippen LogP contribution is -2.40. The van der Waals surface area contributed by atoms with Crippen LogP contribution in [0.3, 0.4) is 0 Å². The van der Waals surface area contributed by atoms with Gasteiger partial charge in [-0.25, -0.2) is 0 Å². The molecule has 0 spiro atoms. The molecule has 0 radical (unpaired) electrons. The van der Waals surface area contributed by atoms with E-state index in [1.165, 1.54) is 0 Å². The molecule has 0 saturated carbocycles. The summed E-state index contributed by atoms with van der Waals surface area (Å²) >= 11 is 0. The van der Waals surface area contributed by atoms with Crippen LogP contribution < -0.4 is 5.73 Å². The Morgan fingerprint density at radius 3 is 2.95 bits per heavy atom. The highest BCUT2D eigenvalue weighted by Gasteiger charge is 2.29. The predicted molar refractivity (Wildman–Crippen MR) is 77.6 cm³/mol. The van der Waals surface area contributed by atoms with Crippen LogP contribution in [-0.4, -0.2) is 43.2 Å². The van der Waals surface area contributed by atoms with Gasteiger partial charge in [0.05, 0.1) is 11.7 Å². The molecule has 2 aromatic heterocycles. The third kappa shape index (κ3) is 2.85. The molecule has 3 N–H and O–H groups in total. The summed E-state index contributed by atoms with van der Waals surface area (Å²) in [5.41, 5.74) is 6.17. The molecule has 1 fully saturated rings. The summed E-state index contributed by atoms with van der Waals surface area (Å²) in [4.78, 5) is 25.5. The van der Waals surface area contributed by atoms with E-state index in [4.69, 9.17) is 5.73 Å². The minimum absolute atomic E-state index is 0.00336. The Morgan fingerprint density at radius 2 is 2.27 bits per heavy atom. The molecular weight excluding hydrogens is 284 g/mol. The monoisotopic (exact) mass is 302 g/mol. The maximum atomic E-state index is 12.5. The van der Waals surface area contributed by atoms with Crippen molar-refractivity contribution in [2.24, 2.45) is 5.73 Å². The van der Waals surface area contributed by atoms with Gasteiger partial charge in [0.1, 0.15) is 12.2 Å². The second-order valence-corrected chi connectivity index (χ2v) is 5.38. The van der Waals surface area contributed by atoms with Crippen molar-refractivity contribution in [1.82, 2.24) is 24.9 Å². The van der Waals surface area contributed by atoms with Crippen LogP contribution in [0.15, 0.2) is 24.5 Å². The topological polar surface area (TPSA) is 110 Å². The number of H-pyrrole nitrogens is 1. The quantitative estimate of drug-likeness (QED) is 0.854. The van der Waals surface area contributed by atoms with Crippen LogP contribution in [0.5, 0.6) is 0 Å². The van der Waals surface area contributed by atoms with Crippen molar-refractivity contribution in [3.8, 4) is 0 Å². The average molecular weight is 302 g/mol. The Hall–Kier alpha value is -2.64. The maximum Gasteiger partial charge on any atom is 0.269 e. The fraction of sp³-hybridized carbons (Fsp3) is 0.429. The molecule has 1 aliphatic rings. The molecular formula is C14H18N6O2. The zero-order chi connectivity index (χ0) is 15.5. The first-order chi connectivity index (χ1) is 10.6. The minimum Gasteiger partial charge on any atom is -0.364 e. The lowest BCUT2D eigenvalue weighted by atomic mass is 9.99.